The molecule has 0 fully saturated rings. The standard InChI is InChI=1S/C20H22O4/c1-4-14-10-16-11-19(23-13(2)21)18(22-3)12-17(16)24-20(14)15-8-6-5-7-9-15/h5-9,11-12,14,20H,4,10H2,1-3H3. The summed E-state index contributed by atoms with van der Waals surface area (Å²) < 4.78 is 16.9. The van der Waals surface area contributed by atoms with E-state index in [1.165, 1.54) is 12.5 Å². The highest BCUT2D eigenvalue weighted by molar-refractivity contribution is 5.71. The van der Waals surface area contributed by atoms with Crippen LogP contribution >= 0.6 is 0 Å². The van der Waals surface area contributed by atoms with E-state index >= 15 is 0 Å². The van der Waals surface area contributed by atoms with E-state index in [1.807, 2.05) is 30.3 Å². The summed E-state index contributed by atoms with van der Waals surface area (Å²) in [4.78, 5) is 11.3. The van der Waals surface area contributed by atoms with Crippen molar-refractivity contribution in [3.05, 3.63) is 53.6 Å². The summed E-state index contributed by atoms with van der Waals surface area (Å²) in [5.41, 5.74) is 2.23. The zero-order valence-corrected chi connectivity index (χ0v) is 14.2. The smallest absolute Gasteiger partial charge is 0.308 e. The second kappa shape index (κ2) is 6.95. The Balaban J connectivity index is 1.98. The molecule has 2 aromatic rings. The molecule has 24 heavy (non-hydrogen) atoms. The van der Waals surface area contributed by atoms with Crippen molar-refractivity contribution in [3.63, 3.8) is 0 Å². The fourth-order valence-corrected chi connectivity index (χ4v) is 3.21. The van der Waals surface area contributed by atoms with Gasteiger partial charge in [0.1, 0.15) is 11.9 Å². The van der Waals surface area contributed by atoms with Crippen molar-refractivity contribution >= 4 is 5.97 Å². The fraction of sp³-hybridized carbons (Fsp3) is 0.350. The molecule has 0 radical (unpaired) electrons. The van der Waals surface area contributed by atoms with Gasteiger partial charge in [0.2, 0.25) is 0 Å². The summed E-state index contributed by atoms with van der Waals surface area (Å²) in [5.74, 6) is 1.75. The molecule has 1 aliphatic heterocycles. The highest BCUT2D eigenvalue weighted by Gasteiger charge is 2.31. The van der Waals surface area contributed by atoms with Gasteiger partial charge in [0.25, 0.3) is 0 Å². The lowest BCUT2D eigenvalue weighted by Crippen LogP contribution is -2.25. The molecule has 4 nitrogen and oxygen atoms in total. The Kier molecular flexibility index (Phi) is 4.74. The van der Waals surface area contributed by atoms with Gasteiger partial charge >= 0.3 is 5.97 Å². The summed E-state index contributed by atoms with van der Waals surface area (Å²) >= 11 is 0. The third-order valence-corrected chi connectivity index (χ3v) is 4.42. The largest absolute Gasteiger partial charge is 0.493 e. The van der Waals surface area contributed by atoms with Crippen LogP contribution in [0, 0.1) is 5.92 Å². The van der Waals surface area contributed by atoms with Crippen molar-refractivity contribution in [2.45, 2.75) is 32.8 Å². The quantitative estimate of drug-likeness (QED) is 0.620. The van der Waals surface area contributed by atoms with Crippen LogP contribution in [0.4, 0.5) is 0 Å². The Morgan fingerprint density at radius 3 is 2.58 bits per heavy atom. The maximum atomic E-state index is 11.3. The number of benzene rings is 2. The van der Waals surface area contributed by atoms with Crippen LogP contribution in [-0.2, 0) is 11.2 Å². The number of hydrogen-bond acceptors (Lipinski definition) is 4. The molecule has 0 spiro atoms. The first-order chi connectivity index (χ1) is 11.6. The van der Waals surface area contributed by atoms with Crippen molar-refractivity contribution in [1.29, 1.82) is 0 Å². The van der Waals surface area contributed by atoms with E-state index in [2.05, 4.69) is 19.1 Å². The lowest BCUT2D eigenvalue weighted by Gasteiger charge is -2.34. The first kappa shape index (κ1) is 16.4. The van der Waals surface area contributed by atoms with E-state index in [-0.39, 0.29) is 12.1 Å². The summed E-state index contributed by atoms with van der Waals surface area (Å²) in [7, 11) is 1.56. The van der Waals surface area contributed by atoms with Crippen LogP contribution in [0.15, 0.2) is 42.5 Å². The van der Waals surface area contributed by atoms with E-state index in [0.29, 0.717) is 17.4 Å². The number of ether oxygens (including phenoxy) is 3. The summed E-state index contributed by atoms with van der Waals surface area (Å²) in [6, 6.07) is 14.0. The van der Waals surface area contributed by atoms with E-state index < -0.39 is 0 Å². The molecule has 126 valence electrons. The molecule has 0 saturated carbocycles. The Morgan fingerprint density at radius 1 is 1.21 bits per heavy atom. The number of carbonyl (C=O) groups is 1. The maximum Gasteiger partial charge on any atom is 0.308 e. The molecule has 2 atom stereocenters. The summed E-state index contributed by atoms with van der Waals surface area (Å²) in [5, 5.41) is 0. The molecular weight excluding hydrogens is 304 g/mol. The number of rotatable bonds is 4. The van der Waals surface area contributed by atoms with Crippen LogP contribution in [-0.4, -0.2) is 13.1 Å². The van der Waals surface area contributed by atoms with Gasteiger partial charge in [-0.25, -0.2) is 0 Å². The Hall–Kier alpha value is -2.49. The Morgan fingerprint density at radius 2 is 1.96 bits per heavy atom. The number of methoxy groups -OCH3 is 1. The molecule has 0 saturated heterocycles. The van der Waals surface area contributed by atoms with Crippen molar-refractivity contribution in [2.24, 2.45) is 5.92 Å². The number of carbonyl (C=O) groups excluding carboxylic acids is 1. The summed E-state index contributed by atoms with van der Waals surface area (Å²) in [6.07, 6.45) is 1.91. The third kappa shape index (κ3) is 3.23. The normalized spacial score (nSPS) is 19.1. The molecule has 1 heterocycles. The van der Waals surface area contributed by atoms with E-state index in [4.69, 9.17) is 14.2 Å². The SMILES string of the molecule is CCC1Cc2cc(OC(C)=O)c(OC)cc2OC1c1ccccc1. The first-order valence-corrected chi connectivity index (χ1v) is 8.23. The summed E-state index contributed by atoms with van der Waals surface area (Å²) in [6.45, 7) is 3.56. The van der Waals surface area contributed by atoms with Crippen LogP contribution < -0.4 is 14.2 Å². The third-order valence-electron chi connectivity index (χ3n) is 4.42. The van der Waals surface area contributed by atoms with Crippen LogP contribution in [0.2, 0.25) is 0 Å². The maximum absolute atomic E-state index is 11.3. The zero-order valence-electron chi connectivity index (χ0n) is 14.2. The fourth-order valence-electron chi connectivity index (χ4n) is 3.21. The molecule has 3 rings (SSSR count). The minimum Gasteiger partial charge on any atom is -0.493 e. The van der Waals surface area contributed by atoms with Crippen LogP contribution in [0.3, 0.4) is 0 Å². The molecule has 2 unspecified atom stereocenters. The second-order valence-corrected chi connectivity index (χ2v) is 6.03. The van der Waals surface area contributed by atoms with Crippen molar-refractivity contribution < 1.29 is 19.0 Å². The molecular formula is C20H22O4. The minimum absolute atomic E-state index is 0.0213. The van der Waals surface area contributed by atoms with Gasteiger partial charge in [-0.15, -0.1) is 0 Å². The Labute approximate surface area is 142 Å². The lowest BCUT2D eigenvalue weighted by atomic mass is 9.85. The highest BCUT2D eigenvalue weighted by Crippen LogP contribution is 2.44. The number of esters is 1. The van der Waals surface area contributed by atoms with Crippen molar-refractivity contribution in [1.82, 2.24) is 0 Å². The average Bonchev–Trinajstić information content (AvgIpc) is 2.60. The van der Waals surface area contributed by atoms with Crippen LogP contribution in [0.1, 0.15) is 37.5 Å². The number of hydrogen-bond donors (Lipinski definition) is 0. The van der Waals surface area contributed by atoms with Gasteiger partial charge in [0.15, 0.2) is 11.5 Å². The molecule has 1 aliphatic rings. The predicted molar refractivity (Wildman–Crippen MR) is 91.6 cm³/mol. The van der Waals surface area contributed by atoms with Gasteiger partial charge < -0.3 is 14.2 Å². The van der Waals surface area contributed by atoms with Gasteiger partial charge in [-0.2, -0.15) is 0 Å². The molecule has 0 amide bonds. The molecule has 0 N–H and O–H groups in total. The van der Waals surface area contributed by atoms with Gasteiger partial charge in [-0.3, -0.25) is 4.79 Å². The zero-order chi connectivity index (χ0) is 17.1. The average molecular weight is 326 g/mol. The monoisotopic (exact) mass is 326 g/mol. The number of fused-ring (bicyclic) bond motifs is 1. The molecule has 4 heteroatoms. The van der Waals surface area contributed by atoms with Gasteiger partial charge in [-0.1, -0.05) is 37.3 Å². The molecule has 0 aromatic heterocycles. The van der Waals surface area contributed by atoms with E-state index in [0.717, 1.165) is 24.2 Å². The van der Waals surface area contributed by atoms with Crippen LogP contribution in [0.25, 0.3) is 0 Å². The highest BCUT2D eigenvalue weighted by atomic mass is 16.6. The lowest BCUT2D eigenvalue weighted by molar-refractivity contribution is -0.132. The first-order valence-electron chi connectivity index (χ1n) is 8.23. The van der Waals surface area contributed by atoms with Crippen LogP contribution in [0.5, 0.6) is 17.2 Å². The van der Waals surface area contributed by atoms with Gasteiger partial charge in [0.05, 0.1) is 7.11 Å². The Bertz CT molecular complexity index is 724. The van der Waals surface area contributed by atoms with Crippen molar-refractivity contribution in [3.8, 4) is 17.2 Å². The minimum atomic E-state index is -0.362. The van der Waals surface area contributed by atoms with Gasteiger partial charge in [-0.05, 0) is 30.0 Å². The second-order valence-electron chi connectivity index (χ2n) is 6.03. The molecule has 0 bridgehead atoms. The topological polar surface area (TPSA) is 44.8 Å². The van der Waals surface area contributed by atoms with Gasteiger partial charge in [0, 0.05) is 18.9 Å². The van der Waals surface area contributed by atoms with E-state index in [9.17, 15) is 4.79 Å². The molecule has 0 aliphatic carbocycles. The molecule has 2 aromatic carbocycles. The predicted octanol–water partition coefficient (Wildman–Crippen LogP) is 4.32. The van der Waals surface area contributed by atoms with E-state index in [1.54, 1.807) is 7.11 Å². The van der Waals surface area contributed by atoms with Crippen molar-refractivity contribution in [2.75, 3.05) is 7.11 Å².